The van der Waals surface area contributed by atoms with E-state index in [9.17, 15) is 9.59 Å². The lowest BCUT2D eigenvalue weighted by molar-refractivity contribution is 0.101. The molecule has 0 atom stereocenters. The first kappa shape index (κ1) is 33.5. The van der Waals surface area contributed by atoms with Gasteiger partial charge in [0.2, 0.25) is 5.82 Å². The second kappa shape index (κ2) is 14.8. The van der Waals surface area contributed by atoms with Crippen molar-refractivity contribution in [3.8, 4) is 34.4 Å². The number of carbonyl (C=O) groups is 1. The normalized spacial score (nSPS) is 13.7. The van der Waals surface area contributed by atoms with E-state index in [2.05, 4.69) is 27.2 Å². The molecule has 12 nitrogen and oxygen atoms in total. The maximum absolute atomic E-state index is 15.3. The van der Waals surface area contributed by atoms with Gasteiger partial charge in [0.05, 0.1) is 32.0 Å². The van der Waals surface area contributed by atoms with Gasteiger partial charge in [-0.15, -0.1) is 5.10 Å². The second-order valence-corrected chi connectivity index (χ2v) is 12.0. The topological polar surface area (TPSA) is 122 Å². The summed E-state index contributed by atoms with van der Waals surface area (Å²) in [7, 11) is 4.53. The first-order valence-corrected chi connectivity index (χ1v) is 16.1. The van der Waals surface area contributed by atoms with Crippen LogP contribution in [0.4, 0.5) is 10.1 Å². The van der Waals surface area contributed by atoms with Gasteiger partial charge < -0.3 is 29.2 Å². The van der Waals surface area contributed by atoms with Crippen LogP contribution < -0.4 is 30.0 Å². The Morgan fingerprint density at radius 1 is 0.959 bits per heavy atom. The zero-order valence-corrected chi connectivity index (χ0v) is 27.9. The summed E-state index contributed by atoms with van der Waals surface area (Å²) >= 11 is 0. The summed E-state index contributed by atoms with van der Waals surface area (Å²) in [5.74, 6) is 1.24. The summed E-state index contributed by atoms with van der Waals surface area (Å²) in [6.45, 7) is 6.10. The van der Waals surface area contributed by atoms with Gasteiger partial charge in [0.15, 0.2) is 23.1 Å². The fourth-order valence-electron chi connectivity index (χ4n) is 5.74. The Labute approximate surface area is 283 Å². The van der Waals surface area contributed by atoms with Crippen LogP contribution in [0.3, 0.4) is 0 Å². The summed E-state index contributed by atoms with van der Waals surface area (Å²) in [6, 6.07) is 15.9. The molecule has 3 aromatic carbocycles. The Hall–Kier alpha value is -5.43. The molecule has 49 heavy (non-hydrogen) atoms. The number of methoxy groups -OCH3 is 2. The second-order valence-electron chi connectivity index (χ2n) is 12.0. The van der Waals surface area contributed by atoms with Gasteiger partial charge in [-0.1, -0.05) is 6.92 Å². The van der Waals surface area contributed by atoms with Crippen molar-refractivity contribution < 1.29 is 28.1 Å². The lowest BCUT2D eigenvalue weighted by Gasteiger charge is -2.30. The van der Waals surface area contributed by atoms with Gasteiger partial charge in [-0.05, 0) is 86.8 Å². The Morgan fingerprint density at radius 3 is 2.45 bits per heavy atom. The van der Waals surface area contributed by atoms with Crippen LogP contribution in [0, 0.1) is 11.7 Å². The van der Waals surface area contributed by atoms with Crippen LogP contribution in [0.15, 0.2) is 71.7 Å². The number of hydrogen-bond donors (Lipinski definition) is 1. The van der Waals surface area contributed by atoms with Gasteiger partial charge in [0, 0.05) is 43.0 Å². The molecule has 0 saturated carbocycles. The molecule has 1 saturated heterocycles. The molecular weight excluding hydrogens is 631 g/mol. The summed E-state index contributed by atoms with van der Waals surface area (Å²) in [4.78, 5) is 32.8. The standard InChI is InChI=1S/C36H39FN6O6/c1-23-13-17-42(18-14-23)16-5-19-48-33-22-29-27(21-32(33)47-4)30(12-15-38-29)49-31-11-6-24(20-28(31)37)39-35(44)34-40-43(36(45)41(34)2)25-7-9-26(46-3)10-8-25/h6-12,15,20-23H,5,13-14,16-19H2,1-4H3,(H,39,44). The number of ether oxygens (including phenoxy) is 4. The summed E-state index contributed by atoms with van der Waals surface area (Å²) in [5, 5.41) is 7.40. The van der Waals surface area contributed by atoms with Crippen molar-refractivity contribution in [3.05, 3.63) is 89.0 Å². The number of fused-ring (bicyclic) bond motifs is 1. The predicted octanol–water partition coefficient (Wildman–Crippen LogP) is 5.82. The average molecular weight is 671 g/mol. The van der Waals surface area contributed by atoms with Crippen molar-refractivity contribution in [2.75, 3.05) is 45.8 Å². The Kier molecular flexibility index (Phi) is 10.1. The Bertz CT molecular complexity index is 2000. The lowest BCUT2D eigenvalue weighted by Crippen LogP contribution is -2.34. The van der Waals surface area contributed by atoms with Crippen LogP contribution >= 0.6 is 0 Å². The molecule has 0 radical (unpaired) electrons. The molecular formula is C36H39FN6O6. The van der Waals surface area contributed by atoms with Crippen molar-refractivity contribution >= 4 is 22.5 Å². The fourth-order valence-corrected chi connectivity index (χ4v) is 5.74. The van der Waals surface area contributed by atoms with Gasteiger partial charge in [0.1, 0.15) is 11.5 Å². The van der Waals surface area contributed by atoms with E-state index in [4.69, 9.17) is 18.9 Å². The van der Waals surface area contributed by atoms with E-state index < -0.39 is 17.4 Å². The number of benzene rings is 3. The highest BCUT2D eigenvalue weighted by molar-refractivity contribution is 6.01. The van der Waals surface area contributed by atoms with Gasteiger partial charge in [0.25, 0.3) is 5.91 Å². The first-order valence-electron chi connectivity index (χ1n) is 16.1. The monoisotopic (exact) mass is 670 g/mol. The SMILES string of the molecule is COc1ccc(-n2nc(C(=O)Nc3ccc(Oc4ccnc5cc(OCCCN6CCC(C)CC6)c(OC)cc45)c(F)c3)n(C)c2=O)cc1. The predicted molar refractivity (Wildman–Crippen MR) is 183 cm³/mol. The summed E-state index contributed by atoms with van der Waals surface area (Å²) in [6.07, 6.45) is 4.95. The molecule has 1 amide bonds. The van der Waals surface area contributed by atoms with E-state index in [1.807, 2.05) is 0 Å². The van der Waals surface area contributed by atoms with Gasteiger partial charge in [-0.2, -0.15) is 4.68 Å². The van der Waals surface area contributed by atoms with E-state index in [-0.39, 0.29) is 17.3 Å². The number of hydrogen-bond acceptors (Lipinski definition) is 9. The molecule has 2 aromatic heterocycles. The number of aromatic nitrogens is 4. The smallest absolute Gasteiger partial charge is 0.350 e. The lowest BCUT2D eigenvalue weighted by atomic mass is 9.99. The minimum absolute atomic E-state index is 0.0620. The third-order valence-corrected chi connectivity index (χ3v) is 8.65. The van der Waals surface area contributed by atoms with E-state index >= 15 is 4.39 Å². The van der Waals surface area contributed by atoms with Crippen LogP contribution in [0.2, 0.25) is 0 Å². The number of likely N-dealkylation sites (tertiary alicyclic amines) is 1. The van der Waals surface area contributed by atoms with E-state index in [1.54, 1.807) is 55.8 Å². The number of piperidine rings is 1. The number of pyridine rings is 1. The molecule has 256 valence electrons. The van der Waals surface area contributed by atoms with Crippen LogP contribution in [-0.4, -0.2) is 70.6 Å². The molecule has 0 aliphatic carbocycles. The highest BCUT2D eigenvalue weighted by Gasteiger charge is 2.20. The Morgan fingerprint density at radius 2 is 1.73 bits per heavy atom. The molecule has 0 bridgehead atoms. The van der Waals surface area contributed by atoms with E-state index in [0.29, 0.717) is 46.2 Å². The zero-order valence-electron chi connectivity index (χ0n) is 27.9. The van der Waals surface area contributed by atoms with Gasteiger partial charge in [-0.25, -0.2) is 9.18 Å². The maximum atomic E-state index is 15.3. The molecule has 1 aliphatic heterocycles. The molecule has 6 rings (SSSR count). The Balaban J connectivity index is 1.13. The van der Waals surface area contributed by atoms with Gasteiger partial charge >= 0.3 is 5.69 Å². The van der Waals surface area contributed by atoms with Crippen molar-refractivity contribution in [2.24, 2.45) is 13.0 Å². The third-order valence-electron chi connectivity index (χ3n) is 8.65. The van der Waals surface area contributed by atoms with Crippen LogP contribution in [0.1, 0.15) is 36.8 Å². The third kappa shape index (κ3) is 7.51. The zero-order chi connectivity index (χ0) is 34.5. The number of carbonyl (C=O) groups excluding carboxylic acids is 1. The number of halogens is 1. The quantitative estimate of drug-likeness (QED) is 0.164. The summed E-state index contributed by atoms with van der Waals surface area (Å²) < 4.78 is 40.4. The van der Waals surface area contributed by atoms with E-state index in [1.165, 1.54) is 39.1 Å². The summed E-state index contributed by atoms with van der Waals surface area (Å²) in [5.41, 5.74) is 0.685. The molecule has 1 aliphatic rings. The molecule has 5 aromatic rings. The van der Waals surface area contributed by atoms with Crippen LogP contribution in [0.25, 0.3) is 16.6 Å². The minimum atomic E-state index is -0.713. The molecule has 3 heterocycles. The number of rotatable bonds is 12. The van der Waals surface area contributed by atoms with Crippen molar-refractivity contribution in [2.45, 2.75) is 26.2 Å². The van der Waals surface area contributed by atoms with E-state index in [0.717, 1.165) is 47.3 Å². The number of nitrogens with one attached hydrogen (secondary N) is 1. The molecule has 13 heteroatoms. The first-order chi connectivity index (χ1) is 23.7. The largest absolute Gasteiger partial charge is 0.497 e. The number of nitrogens with zero attached hydrogens (tertiary/aromatic N) is 5. The molecule has 0 spiro atoms. The van der Waals surface area contributed by atoms with Crippen LogP contribution in [0.5, 0.6) is 28.7 Å². The molecule has 1 N–H and O–H groups in total. The van der Waals surface area contributed by atoms with Gasteiger partial charge in [-0.3, -0.25) is 14.3 Å². The minimum Gasteiger partial charge on any atom is -0.497 e. The molecule has 0 unspecified atom stereocenters. The van der Waals surface area contributed by atoms with Crippen molar-refractivity contribution in [1.82, 2.24) is 24.2 Å². The van der Waals surface area contributed by atoms with Crippen molar-refractivity contribution in [3.63, 3.8) is 0 Å². The number of anilines is 1. The number of amides is 1. The fraction of sp³-hybridized carbons (Fsp3) is 0.333. The highest BCUT2D eigenvalue weighted by atomic mass is 19.1. The maximum Gasteiger partial charge on any atom is 0.350 e. The average Bonchev–Trinajstić information content (AvgIpc) is 3.41. The van der Waals surface area contributed by atoms with Crippen molar-refractivity contribution in [1.29, 1.82) is 0 Å². The van der Waals surface area contributed by atoms with Crippen LogP contribution in [-0.2, 0) is 7.05 Å². The highest BCUT2D eigenvalue weighted by Crippen LogP contribution is 2.38. The molecule has 1 fully saturated rings.